The molecule has 2 aromatic rings. The minimum absolute atomic E-state index is 0.535. The molecule has 100 valence electrons. The highest BCUT2D eigenvalue weighted by Crippen LogP contribution is 2.29. The van der Waals surface area contributed by atoms with Gasteiger partial charge in [0.05, 0.1) is 6.10 Å². The molecule has 1 unspecified atom stereocenters. The number of halogens is 2. The molecular weight excluding hydrogens is 324 g/mol. The predicted octanol–water partition coefficient (Wildman–Crippen LogP) is 5.00. The van der Waals surface area contributed by atoms with E-state index in [4.69, 9.17) is 11.6 Å². The van der Waals surface area contributed by atoms with Gasteiger partial charge in [0.1, 0.15) is 0 Å². The Morgan fingerprint density at radius 3 is 2.58 bits per heavy atom. The van der Waals surface area contributed by atoms with Crippen molar-refractivity contribution in [3.05, 3.63) is 68.1 Å². The van der Waals surface area contributed by atoms with Crippen molar-refractivity contribution < 1.29 is 5.11 Å². The third-order valence-electron chi connectivity index (χ3n) is 3.24. The smallest absolute Gasteiger partial charge is 0.0841 e. The molecule has 0 amide bonds. The number of hydrogen-bond acceptors (Lipinski definition) is 1. The molecule has 19 heavy (non-hydrogen) atoms. The van der Waals surface area contributed by atoms with E-state index >= 15 is 0 Å². The normalized spacial score (nSPS) is 12.5. The van der Waals surface area contributed by atoms with Crippen LogP contribution >= 0.6 is 27.5 Å². The molecule has 1 N–H and O–H groups in total. The van der Waals surface area contributed by atoms with Crippen LogP contribution in [-0.4, -0.2) is 5.11 Å². The van der Waals surface area contributed by atoms with Gasteiger partial charge < -0.3 is 5.11 Å². The summed E-state index contributed by atoms with van der Waals surface area (Å²) >= 11 is 9.37. The molecule has 0 spiro atoms. The van der Waals surface area contributed by atoms with Gasteiger partial charge in [-0.15, -0.1) is 0 Å². The van der Waals surface area contributed by atoms with E-state index in [1.165, 1.54) is 16.7 Å². The second-order valence-electron chi connectivity index (χ2n) is 4.82. The Bertz CT molecular complexity index is 595. The third-order valence-corrected chi connectivity index (χ3v) is 4.16. The number of aliphatic hydroxyl groups is 1. The van der Waals surface area contributed by atoms with Crippen LogP contribution in [0.25, 0.3) is 0 Å². The highest BCUT2D eigenvalue weighted by Gasteiger charge is 2.13. The van der Waals surface area contributed by atoms with Crippen molar-refractivity contribution in [1.82, 2.24) is 0 Å². The Kier molecular flexibility index (Phi) is 4.67. The van der Waals surface area contributed by atoms with Crippen LogP contribution in [0.3, 0.4) is 0 Å². The lowest BCUT2D eigenvalue weighted by molar-refractivity contribution is 0.177. The van der Waals surface area contributed by atoms with Gasteiger partial charge in [-0.2, -0.15) is 0 Å². The lowest BCUT2D eigenvalue weighted by Crippen LogP contribution is -2.04. The molecule has 0 aliphatic rings. The summed E-state index contributed by atoms with van der Waals surface area (Å²) in [5.74, 6) is 0. The zero-order valence-electron chi connectivity index (χ0n) is 11.0. The maximum atomic E-state index is 10.4. The van der Waals surface area contributed by atoms with Crippen molar-refractivity contribution in [3.8, 4) is 0 Å². The molecule has 0 saturated heterocycles. The second kappa shape index (κ2) is 6.08. The van der Waals surface area contributed by atoms with E-state index < -0.39 is 6.10 Å². The quantitative estimate of drug-likeness (QED) is 0.834. The van der Waals surface area contributed by atoms with Gasteiger partial charge in [-0.25, -0.2) is 0 Å². The topological polar surface area (TPSA) is 20.2 Å². The first-order chi connectivity index (χ1) is 8.97. The molecule has 0 heterocycles. The summed E-state index contributed by atoms with van der Waals surface area (Å²) in [6.45, 7) is 4.13. The SMILES string of the molecule is Cc1ccc(C)c(CC(O)c2ccc(Cl)cc2Br)c1. The van der Waals surface area contributed by atoms with Crippen molar-refractivity contribution in [1.29, 1.82) is 0 Å². The number of aryl methyl sites for hydroxylation is 2. The van der Waals surface area contributed by atoms with E-state index in [2.05, 4.69) is 48.0 Å². The zero-order valence-corrected chi connectivity index (χ0v) is 13.3. The molecule has 1 atom stereocenters. The molecular formula is C16H16BrClO. The van der Waals surface area contributed by atoms with Gasteiger partial charge >= 0.3 is 0 Å². The average molecular weight is 340 g/mol. The first-order valence-electron chi connectivity index (χ1n) is 6.16. The number of aliphatic hydroxyl groups excluding tert-OH is 1. The molecule has 2 rings (SSSR count). The van der Waals surface area contributed by atoms with Crippen molar-refractivity contribution in [2.75, 3.05) is 0 Å². The minimum atomic E-state index is -0.535. The van der Waals surface area contributed by atoms with E-state index in [0.717, 1.165) is 10.0 Å². The zero-order chi connectivity index (χ0) is 14.0. The van der Waals surface area contributed by atoms with Crippen molar-refractivity contribution in [3.63, 3.8) is 0 Å². The Morgan fingerprint density at radius 2 is 1.89 bits per heavy atom. The summed E-state index contributed by atoms with van der Waals surface area (Å²) in [5, 5.41) is 11.0. The van der Waals surface area contributed by atoms with Crippen LogP contribution in [0.4, 0.5) is 0 Å². The molecule has 0 fully saturated rings. The summed E-state index contributed by atoms with van der Waals surface area (Å²) in [7, 11) is 0. The fourth-order valence-corrected chi connectivity index (χ4v) is 3.06. The predicted molar refractivity (Wildman–Crippen MR) is 83.7 cm³/mol. The van der Waals surface area contributed by atoms with Gasteiger partial charge in [0.25, 0.3) is 0 Å². The molecule has 0 bridgehead atoms. The number of hydrogen-bond donors (Lipinski definition) is 1. The van der Waals surface area contributed by atoms with Gasteiger partial charge in [0.15, 0.2) is 0 Å². The minimum Gasteiger partial charge on any atom is -0.388 e. The highest BCUT2D eigenvalue weighted by atomic mass is 79.9. The van der Waals surface area contributed by atoms with Crippen LogP contribution in [0.5, 0.6) is 0 Å². The van der Waals surface area contributed by atoms with Gasteiger partial charge in [-0.3, -0.25) is 0 Å². The molecule has 0 aromatic heterocycles. The standard InChI is InChI=1S/C16H16BrClO/c1-10-3-4-11(2)12(7-10)8-16(19)14-6-5-13(18)9-15(14)17/h3-7,9,16,19H,8H2,1-2H3. The fourth-order valence-electron chi connectivity index (χ4n) is 2.11. The van der Waals surface area contributed by atoms with Crippen LogP contribution in [-0.2, 0) is 6.42 Å². The van der Waals surface area contributed by atoms with Crippen LogP contribution in [0.15, 0.2) is 40.9 Å². The number of benzene rings is 2. The Hall–Kier alpha value is -0.830. The van der Waals surface area contributed by atoms with Gasteiger partial charge in [-0.1, -0.05) is 57.4 Å². The molecule has 0 saturated carbocycles. The van der Waals surface area contributed by atoms with E-state index in [1.54, 1.807) is 6.07 Å². The molecule has 0 aliphatic heterocycles. The molecule has 3 heteroatoms. The summed E-state index contributed by atoms with van der Waals surface area (Å²) in [6.07, 6.45) is 0.0699. The van der Waals surface area contributed by atoms with Crippen LogP contribution in [0.1, 0.15) is 28.4 Å². The average Bonchev–Trinajstić information content (AvgIpc) is 2.33. The maximum absolute atomic E-state index is 10.4. The summed E-state index contributed by atoms with van der Waals surface area (Å²) in [6, 6.07) is 11.8. The molecule has 2 aromatic carbocycles. The van der Waals surface area contributed by atoms with E-state index in [0.29, 0.717) is 11.4 Å². The lowest BCUT2D eigenvalue weighted by Gasteiger charge is -2.15. The van der Waals surface area contributed by atoms with Crippen LogP contribution in [0, 0.1) is 13.8 Å². The van der Waals surface area contributed by atoms with Gasteiger partial charge in [-0.05, 0) is 42.7 Å². The molecule has 0 radical (unpaired) electrons. The van der Waals surface area contributed by atoms with Crippen LogP contribution in [0.2, 0.25) is 5.02 Å². The largest absolute Gasteiger partial charge is 0.388 e. The van der Waals surface area contributed by atoms with Gasteiger partial charge in [0, 0.05) is 15.9 Å². The monoisotopic (exact) mass is 338 g/mol. The molecule has 1 nitrogen and oxygen atoms in total. The third kappa shape index (κ3) is 3.59. The second-order valence-corrected chi connectivity index (χ2v) is 6.11. The Labute approximate surface area is 127 Å². The fraction of sp³-hybridized carbons (Fsp3) is 0.250. The van der Waals surface area contributed by atoms with Crippen molar-refractivity contribution in [2.45, 2.75) is 26.4 Å². The summed E-state index contributed by atoms with van der Waals surface area (Å²) in [4.78, 5) is 0. The highest BCUT2D eigenvalue weighted by molar-refractivity contribution is 9.10. The summed E-state index contributed by atoms with van der Waals surface area (Å²) in [5.41, 5.74) is 4.46. The van der Waals surface area contributed by atoms with E-state index in [-0.39, 0.29) is 0 Å². The Balaban J connectivity index is 2.25. The Morgan fingerprint density at radius 1 is 1.16 bits per heavy atom. The first-order valence-corrected chi connectivity index (χ1v) is 7.33. The van der Waals surface area contributed by atoms with Crippen LogP contribution < -0.4 is 0 Å². The number of rotatable bonds is 3. The van der Waals surface area contributed by atoms with Crippen molar-refractivity contribution in [2.24, 2.45) is 0 Å². The maximum Gasteiger partial charge on any atom is 0.0841 e. The molecule has 0 aliphatic carbocycles. The van der Waals surface area contributed by atoms with Crippen molar-refractivity contribution >= 4 is 27.5 Å². The van der Waals surface area contributed by atoms with E-state index in [9.17, 15) is 5.11 Å². The first kappa shape index (κ1) is 14.6. The lowest BCUT2D eigenvalue weighted by atomic mass is 9.97. The summed E-state index contributed by atoms with van der Waals surface area (Å²) < 4.78 is 0.845. The van der Waals surface area contributed by atoms with Gasteiger partial charge in [0.2, 0.25) is 0 Å². The van der Waals surface area contributed by atoms with E-state index in [1.807, 2.05) is 12.1 Å².